The van der Waals surface area contributed by atoms with Crippen LogP contribution in [0, 0.1) is 10.1 Å². The molecule has 0 saturated heterocycles. The Morgan fingerprint density at radius 1 is 1.37 bits per heavy atom. The van der Waals surface area contributed by atoms with Gasteiger partial charge in [0, 0.05) is 17.0 Å². The Kier molecular flexibility index (Phi) is 6.23. The Bertz CT molecular complexity index is 1200. The van der Waals surface area contributed by atoms with Crippen LogP contribution in [0.4, 0.5) is 5.69 Å². The molecule has 11 nitrogen and oxygen atoms in total. The van der Waals surface area contributed by atoms with Gasteiger partial charge in [-0.25, -0.2) is 18.8 Å². The Hall–Kier alpha value is -3.58. The van der Waals surface area contributed by atoms with Crippen molar-refractivity contribution in [1.29, 1.82) is 0 Å². The van der Waals surface area contributed by atoms with Gasteiger partial charge in [-0.3, -0.25) is 14.9 Å². The minimum Gasteiger partial charge on any atom is -0.502 e. The van der Waals surface area contributed by atoms with E-state index < -0.39 is 32.1 Å². The number of thiazole rings is 1. The lowest BCUT2D eigenvalue weighted by molar-refractivity contribution is -0.385. The molecule has 0 aliphatic carbocycles. The van der Waals surface area contributed by atoms with Crippen LogP contribution < -0.4 is 5.43 Å². The number of nitrogens with one attached hydrogen (secondary N) is 1. The molecule has 0 fully saturated rings. The fraction of sp³-hybridized carbons (Fsp3) is 0.118. The van der Waals surface area contributed by atoms with Gasteiger partial charge >= 0.3 is 5.69 Å². The minimum absolute atomic E-state index is 0.0166. The highest BCUT2D eigenvalue weighted by molar-refractivity contribution is 7.89. The third-order valence-electron chi connectivity index (χ3n) is 3.65. The summed E-state index contributed by atoms with van der Waals surface area (Å²) < 4.78 is 29.4. The normalized spacial score (nSPS) is 11.6. The second-order valence-electron chi connectivity index (χ2n) is 5.94. The van der Waals surface area contributed by atoms with Gasteiger partial charge in [0.05, 0.1) is 17.4 Å². The predicted octanol–water partition coefficient (Wildman–Crippen LogP) is 2.23. The molecule has 0 spiro atoms. The maximum Gasteiger partial charge on any atom is 0.311 e. The zero-order valence-electron chi connectivity index (χ0n) is 15.1. The molecule has 13 heteroatoms. The van der Waals surface area contributed by atoms with Crippen molar-refractivity contribution in [3.05, 3.63) is 74.1 Å². The minimum atomic E-state index is -3.52. The third-order valence-corrected chi connectivity index (χ3v) is 6.12. The average Bonchev–Trinajstić information content (AvgIpc) is 3.34. The fourth-order valence-electron chi connectivity index (χ4n) is 2.32. The van der Waals surface area contributed by atoms with E-state index in [1.54, 1.807) is 12.1 Å². The molecule has 0 saturated carbocycles. The number of nitro groups is 1. The number of carbonyl (C=O) groups is 1. The van der Waals surface area contributed by atoms with Crippen molar-refractivity contribution in [3.8, 4) is 5.75 Å². The molecular formula is C17H14N4O7S2. The Morgan fingerprint density at radius 2 is 2.17 bits per heavy atom. The molecule has 2 aromatic heterocycles. The fourth-order valence-corrected chi connectivity index (χ4v) is 4.83. The lowest BCUT2D eigenvalue weighted by Gasteiger charge is -1.99. The SMILES string of the molecule is O=C(NN=Cc1ccc(O)c([N+](=O)[O-])c1)c1csc(CS(=O)(=O)Cc2ccco2)n1. The summed E-state index contributed by atoms with van der Waals surface area (Å²) in [4.78, 5) is 26.2. The van der Waals surface area contributed by atoms with Gasteiger partial charge < -0.3 is 9.52 Å². The van der Waals surface area contributed by atoms with Crippen molar-refractivity contribution in [3.63, 3.8) is 0 Å². The zero-order valence-corrected chi connectivity index (χ0v) is 16.7. The van der Waals surface area contributed by atoms with E-state index in [-0.39, 0.29) is 27.8 Å². The number of furan rings is 1. The maximum absolute atomic E-state index is 12.2. The number of rotatable bonds is 8. The molecule has 0 bridgehead atoms. The standard InChI is InChI=1S/C17H14N4O7S2/c22-15-4-3-11(6-14(15)21(24)25)7-18-20-17(23)13-8-29-16(19-13)10-30(26,27)9-12-2-1-5-28-12/h1-8,22H,9-10H2,(H,20,23). The van der Waals surface area contributed by atoms with Crippen LogP contribution in [0.5, 0.6) is 5.75 Å². The highest BCUT2D eigenvalue weighted by Crippen LogP contribution is 2.25. The van der Waals surface area contributed by atoms with E-state index >= 15 is 0 Å². The van der Waals surface area contributed by atoms with Crippen LogP contribution in [-0.2, 0) is 21.3 Å². The number of phenols is 1. The van der Waals surface area contributed by atoms with E-state index in [2.05, 4.69) is 15.5 Å². The Labute approximate surface area is 173 Å². The van der Waals surface area contributed by atoms with E-state index in [1.807, 2.05) is 0 Å². The number of amides is 1. The summed E-state index contributed by atoms with van der Waals surface area (Å²) in [6.07, 6.45) is 2.54. The summed E-state index contributed by atoms with van der Waals surface area (Å²) >= 11 is 1.02. The van der Waals surface area contributed by atoms with Crippen LogP contribution in [0.3, 0.4) is 0 Å². The highest BCUT2D eigenvalue weighted by atomic mass is 32.2. The number of sulfone groups is 1. The van der Waals surface area contributed by atoms with Gasteiger partial charge in [0.1, 0.15) is 28.0 Å². The summed E-state index contributed by atoms with van der Waals surface area (Å²) in [5.74, 6) is -1.46. The molecule has 0 radical (unpaired) electrons. The van der Waals surface area contributed by atoms with E-state index in [1.165, 1.54) is 17.7 Å². The van der Waals surface area contributed by atoms with E-state index in [4.69, 9.17) is 4.42 Å². The second-order valence-corrected chi connectivity index (χ2v) is 8.95. The third kappa shape index (κ3) is 5.48. The highest BCUT2D eigenvalue weighted by Gasteiger charge is 2.19. The van der Waals surface area contributed by atoms with E-state index in [0.717, 1.165) is 29.7 Å². The number of phenolic OH excluding ortho intramolecular Hbond substituents is 1. The van der Waals surface area contributed by atoms with Crippen LogP contribution >= 0.6 is 11.3 Å². The number of hydrogen-bond donors (Lipinski definition) is 2. The number of aromatic hydroxyl groups is 1. The Morgan fingerprint density at radius 3 is 2.87 bits per heavy atom. The predicted molar refractivity (Wildman–Crippen MR) is 107 cm³/mol. The van der Waals surface area contributed by atoms with Crippen LogP contribution in [0.2, 0.25) is 0 Å². The number of benzene rings is 1. The summed E-state index contributed by atoms with van der Waals surface area (Å²) in [5, 5.41) is 25.5. The Balaban J connectivity index is 1.60. The molecule has 0 aliphatic rings. The summed E-state index contributed by atoms with van der Waals surface area (Å²) in [6.45, 7) is 0. The van der Waals surface area contributed by atoms with Gasteiger partial charge in [-0.1, -0.05) is 0 Å². The van der Waals surface area contributed by atoms with Crippen molar-refractivity contribution in [1.82, 2.24) is 10.4 Å². The summed E-state index contributed by atoms with van der Waals surface area (Å²) in [6, 6.07) is 6.75. The van der Waals surface area contributed by atoms with Gasteiger partial charge in [-0.2, -0.15) is 5.10 Å². The molecule has 3 rings (SSSR count). The topological polar surface area (TPSA) is 165 Å². The zero-order chi connectivity index (χ0) is 21.7. The van der Waals surface area contributed by atoms with Gasteiger partial charge in [-0.15, -0.1) is 11.3 Å². The molecule has 0 aliphatic heterocycles. The van der Waals surface area contributed by atoms with Crippen LogP contribution in [0.15, 0.2) is 51.5 Å². The largest absolute Gasteiger partial charge is 0.502 e. The van der Waals surface area contributed by atoms with Crippen LogP contribution in [0.1, 0.15) is 26.8 Å². The van der Waals surface area contributed by atoms with Crippen molar-refractivity contribution in [2.75, 3.05) is 0 Å². The summed E-state index contributed by atoms with van der Waals surface area (Å²) in [5.41, 5.74) is 1.97. The first-order chi connectivity index (χ1) is 14.2. The van der Waals surface area contributed by atoms with E-state index in [0.29, 0.717) is 5.76 Å². The quantitative estimate of drug-likeness (QED) is 0.299. The van der Waals surface area contributed by atoms with Crippen LogP contribution in [0.25, 0.3) is 0 Å². The van der Waals surface area contributed by atoms with Crippen molar-refractivity contribution in [2.24, 2.45) is 5.10 Å². The van der Waals surface area contributed by atoms with Crippen molar-refractivity contribution >= 4 is 39.0 Å². The first kappa shape index (κ1) is 21.1. The van der Waals surface area contributed by atoms with Gasteiger partial charge in [0.25, 0.3) is 5.91 Å². The molecule has 1 aromatic carbocycles. The molecule has 2 N–H and O–H groups in total. The van der Waals surface area contributed by atoms with E-state index in [9.17, 15) is 28.4 Å². The molecule has 2 heterocycles. The number of aromatic nitrogens is 1. The van der Waals surface area contributed by atoms with Gasteiger partial charge in [0.15, 0.2) is 15.6 Å². The maximum atomic E-state index is 12.2. The van der Waals surface area contributed by atoms with Crippen molar-refractivity contribution in [2.45, 2.75) is 11.5 Å². The lowest BCUT2D eigenvalue weighted by Crippen LogP contribution is -2.18. The molecule has 0 unspecified atom stereocenters. The number of nitrogens with zero attached hydrogens (tertiary/aromatic N) is 3. The molecule has 1 amide bonds. The lowest BCUT2D eigenvalue weighted by atomic mass is 10.2. The van der Waals surface area contributed by atoms with Gasteiger partial charge in [-0.05, 0) is 24.3 Å². The first-order valence-electron chi connectivity index (χ1n) is 8.21. The summed E-state index contributed by atoms with van der Waals surface area (Å²) in [7, 11) is -3.52. The molecule has 156 valence electrons. The molecule has 3 aromatic rings. The number of hydrazone groups is 1. The molecular weight excluding hydrogens is 436 g/mol. The molecule has 0 atom stereocenters. The second kappa shape index (κ2) is 8.84. The van der Waals surface area contributed by atoms with Crippen molar-refractivity contribution < 1.29 is 27.7 Å². The smallest absolute Gasteiger partial charge is 0.311 e. The first-order valence-corrected chi connectivity index (χ1v) is 10.9. The average molecular weight is 450 g/mol. The van der Waals surface area contributed by atoms with Gasteiger partial charge in [0.2, 0.25) is 0 Å². The number of nitro benzene ring substituents is 1. The number of carbonyl (C=O) groups excluding carboxylic acids is 1. The van der Waals surface area contributed by atoms with Crippen LogP contribution in [-0.4, -0.2) is 35.6 Å². The molecule has 30 heavy (non-hydrogen) atoms. The number of hydrogen-bond acceptors (Lipinski definition) is 10. The monoisotopic (exact) mass is 450 g/mol.